The number of fused-ring (bicyclic) bond motifs is 6. The minimum atomic E-state index is 1.04. The number of aryl methyl sites for hydroxylation is 2. The van der Waals surface area contributed by atoms with E-state index in [2.05, 4.69) is 168 Å². The van der Waals surface area contributed by atoms with E-state index in [4.69, 9.17) is 0 Å². The van der Waals surface area contributed by atoms with Gasteiger partial charge in [0.15, 0.2) is 0 Å². The van der Waals surface area contributed by atoms with Crippen LogP contribution in [0.3, 0.4) is 0 Å². The van der Waals surface area contributed by atoms with Crippen LogP contribution in [0.1, 0.15) is 11.1 Å². The zero-order valence-electron chi connectivity index (χ0n) is 24.9. The van der Waals surface area contributed by atoms with Gasteiger partial charge in [-0.15, -0.1) is 0 Å². The third kappa shape index (κ3) is 4.39. The second-order valence-electron chi connectivity index (χ2n) is 12.1. The van der Waals surface area contributed by atoms with E-state index >= 15 is 0 Å². The molecule has 1 aromatic heterocycles. The van der Waals surface area contributed by atoms with Gasteiger partial charge in [-0.3, -0.25) is 0 Å². The molecule has 9 rings (SSSR count). The quantitative estimate of drug-likeness (QED) is 0.197. The molecular weight excluding hydrogens is 542 g/mol. The fourth-order valence-corrected chi connectivity index (χ4v) is 7.29. The monoisotopic (exact) mass is 573 g/mol. The van der Waals surface area contributed by atoms with Gasteiger partial charge in [-0.05, 0) is 111 Å². The highest BCUT2D eigenvalue weighted by atomic mass is 15.0. The van der Waals surface area contributed by atoms with Crippen LogP contribution in [-0.4, -0.2) is 4.57 Å². The molecule has 0 spiro atoms. The van der Waals surface area contributed by atoms with Crippen LogP contribution in [0.15, 0.2) is 164 Å². The Kier molecular flexibility index (Phi) is 6.02. The molecule has 7 aromatic carbocycles. The Labute approximate surface area is 263 Å². The van der Waals surface area contributed by atoms with Crippen molar-refractivity contribution < 1.29 is 0 Å². The standard InChI is InChI=1S/C44H31N/c1-3-11-30(12-4-1)35-26-36(31-13-5-2-6-14-31)28-37(27-35)32-21-23-39-33(25-32)19-20-34-29-38(22-24-40(34)39)45-43-17-9-7-15-41(43)42-16-8-10-18-44(42)45/h1-18,21-29H,19-20H2. The number of aromatic nitrogens is 1. The maximum absolute atomic E-state index is 2.43. The van der Waals surface area contributed by atoms with E-state index in [0.29, 0.717) is 0 Å². The molecule has 0 bridgehead atoms. The van der Waals surface area contributed by atoms with Gasteiger partial charge in [0.05, 0.1) is 11.0 Å². The van der Waals surface area contributed by atoms with Gasteiger partial charge in [-0.25, -0.2) is 0 Å². The Morgan fingerprint density at radius 3 is 1.38 bits per heavy atom. The van der Waals surface area contributed by atoms with Crippen LogP contribution in [-0.2, 0) is 12.8 Å². The third-order valence-electron chi connectivity index (χ3n) is 9.47. The number of rotatable bonds is 4. The van der Waals surface area contributed by atoms with Crippen molar-refractivity contribution in [1.29, 1.82) is 0 Å². The fourth-order valence-electron chi connectivity index (χ4n) is 7.29. The molecule has 45 heavy (non-hydrogen) atoms. The van der Waals surface area contributed by atoms with Gasteiger partial charge in [0, 0.05) is 16.5 Å². The van der Waals surface area contributed by atoms with Crippen molar-refractivity contribution in [2.75, 3.05) is 0 Å². The Morgan fingerprint density at radius 1 is 0.333 bits per heavy atom. The first-order valence-corrected chi connectivity index (χ1v) is 15.8. The SMILES string of the molecule is c1ccc(-c2cc(-c3ccccc3)cc(-c3ccc4c(c3)CCc3cc(-n5c6ccccc6c6ccccc65)ccc3-4)c2)cc1. The summed E-state index contributed by atoms with van der Waals surface area (Å²) in [5, 5.41) is 2.60. The Hall–Kier alpha value is -5.66. The summed E-state index contributed by atoms with van der Waals surface area (Å²) in [6.07, 6.45) is 2.08. The maximum atomic E-state index is 2.43. The molecule has 8 aromatic rings. The summed E-state index contributed by atoms with van der Waals surface area (Å²) < 4.78 is 2.42. The Morgan fingerprint density at radius 2 is 0.800 bits per heavy atom. The molecule has 1 heteroatoms. The molecule has 0 radical (unpaired) electrons. The van der Waals surface area contributed by atoms with E-state index in [0.717, 1.165) is 12.8 Å². The summed E-state index contributed by atoms with van der Waals surface area (Å²) in [5.41, 5.74) is 16.8. The van der Waals surface area contributed by atoms with Gasteiger partial charge < -0.3 is 4.57 Å². The average molecular weight is 574 g/mol. The van der Waals surface area contributed by atoms with E-state index in [1.807, 2.05) is 0 Å². The zero-order chi connectivity index (χ0) is 29.7. The minimum absolute atomic E-state index is 1.04. The lowest BCUT2D eigenvalue weighted by molar-refractivity contribution is 0.938. The van der Waals surface area contributed by atoms with Gasteiger partial charge in [-0.2, -0.15) is 0 Å². The van der Waals surface area contributed by atoms with Crippen LogP contribution >= 0.6 is 0 Å². The van der Waals surface area contributed by atoms with Crippen molar-refractivity contribution in [1.82, 2.24) is 4.57 Å². The Bertz CT molecular complexity index is 2250. The normalized spacial score (nSPS) is 12.3. The highest BCUT2D eigenvalue weighted by molar-refractivity contribution is 6.09. The lowest BCUT2D eigenvalue weighted by Crippen LogP contribution is -2.06. The number of benzene rings is 7. The smallest absolute Gasteiger partial charge is 0.0541 e. The van der Waals surface area contributed by atoms with Gasteiger partial charge in [-0.1, -0.05) is 121 Å². The Balaban J connectivity index is 1.13. The molecule has 0 amide bonds. The van der Waals surface area contributed by atoms with Crippen LogP contribution in [0.25, 0.3) is 72.0 Å². The molecule has 0 unspecified atom stereocenters. The van der Waals surface area contributed by atoms with Crippen molar-refractivity contribution in [3.63, 3.8) is 0 Å². The van der Waals surface area contributed by atoms with Crippen LogP contribution in [0.5, 0.6) is 0 Å². The van der Waals surface area contributed by atoms with E-state index in [-0.39, 0.29) is 0 Å². The summed E-state index contributed by atoms with van der Waals surface area (Å²) in [6, 6.07) is 60.1. The first-order chi connectivity index (χ1) is 22.3. The van der Waals surface area contributed by atoms with Crippen molar-refractivity contribution in [2.24, 2.45) is 0 Å². The molecule has 1 heterocycles. The summed E-state index contributed by atoms with van der Waals surface area (Å²) in [5.74, 6) is 0. The predicted octanol–water partition coefficient (Wildman–Crippen LogP) is 11.6. The van der Waals surface area contributed by atoms with E-state index in [9.17, 15) is 0 Å². The number of hydrogen-bond donors (Lipinski definition) is 0. The number of para-hydroxylation sites is 2. The molecule has 1 nitrogen and oxygen atoms in total. The van der Waals surface area contributed by atoms with Crippen molar-refractivity contribution in [2.45, 2.75) is 12.8 Å². The highest BCUT2D eigenvalue weighted by Gasteiger charge is 2.19. The fraction of sp³-hybridized carbons (Fsp3) is 0.0455. The highest BCUT2D eigenvalue weighted by Crippen LogP contribution is 2.40. The van der Waals surface area contributed by atoms with E-state index in [1.54, 1.807) is 0 Å². The number of hydrogen-bond acceptors (Lipinski definition) is 0. The van der Waals surface area contributed by atoms with Crippen LogP contribution in [0.4, 0.5) is 0 Å². The predicted molar refractivity (Wildman–Crippen MR) is 190 cm³/mol. The largest absolute Gasteiger partial charge is 0.309 e. The topological polar surface area (TPSA) is 4.93 Å². The molecule has 0 N–H and O–H groups in total. The molecule has 1 aliphatic rings. The van der Waals surface area contributed by atoms with Crippen molar-refractivity contribution >= 4 is 21.8 Å². The lowest BCUT2D eigenvalue weighted by Gasteiger charge is -2.22. The van der Waals surface area contributed by atoms with Crippen LogP contribution in [0, 0.1) is 0 Å². The summed E-state index contributed by atoms with van der Waals surface area (Å²) in [7, 11) is 0. The lowest BCUT2D eigenvalue weighted by atomic mass is 9.83. The summed E-state index contributed by atoms with van der Waals surface area (Å²) >= 11 is 0. The van der Waals surface area contributed by atoms with E-state index in [1.165, 1.54) is 83.1 Å². The molecule has 0 fully saturated rings. The molecular formula is C44H31N. The van der Waals surface area contributed by atoms with Gasteiger partial charge in [0.25, 0.3) is 0 Å². The van der Waals surface area contributed by atoms with E-state index < -0.39 is 0 Å². The van der Waals surface area contributed by atoms with Gasteiger partial charge in [0.1, 0.15) is 0 Å². The third-order valence-corrected chi connectivity index (χ3v) is 9.47. The van der Waals surface area contributed by atoms with Gasteiger partial charge >= 0.3 is 0 Å². The van der Waals surface area contributed by atoms with Gasteiger partial charge in [0.2, 0.25) is 0 Å². The minimum Gasteiger partial charge on any atom is -0.309 e. The molecule has 0 saturated heterocycles. The molecule has 0 atom stereocenters. The summed E-state index contributed by atoms with van der Waals surface area (Å²) in [4.78, 5) is 0. The molecule has 0 saturated carbocycles. The number of nitrogens with zero attached hydrogens (tertiary/aromatic N) is 1. The van der Waals surface area contributed by atoms with Crippen LogP contribution < -0.4 is 0 Å². The molecule has 212 valence electrons. The first kappa shape index (κ1) is 25.8. The molecule has 0 aliphatic heterocycles. The summed E-state index contributed by atoms with van der Waals surface area (Å²) in [6.45, 7) is 0. The van der Waals surface area contributed by atoms with Crippen molar-refractivity contribution in [3.05, 3.63) is 175 Å². The maximum Gasteiger partial charge on any atom is 0.0541 e. The second-order valence-corrected chi connectivity index (χ2v) is 12.1. The van der Waals surface area contributed by atoms with Crippen LogP contribution in [0.2, 0.25) is 0 Å². The average Bonchev–Trinajstić information content (AvgIpc) is 3.46. The van der Waals surface area contributed by atoms with Crippen molar-refractivity contribution in [3.8, 4) is 50.2 Å². The second kappa shape index (κ2) is 10.5. The first-order valence-electron chi connectivity index (χ1n) is 15.8. The zero-order valence-corrected chi connectivity index (χ0v) is 24.9. The molecule has 1 aliphatic carbocycles.